The molecule has 0 radical (unpaired) electrons. The lowest BCUT2D eigenvalue weighted by Gasteiger charge is -2.17. The normalized spacial score (nSPS) is 16.9. The maximum Gasteiger partial charge on any atom is 0.326 e. The quantitative estimate of drug-likeness (QED) is 0.877. The van der Waals surface area contributed by atoms with E-state index in [9.17, 15) is 14.7 Å². The fourth-order valence-corrected chi connectivity index (χ4v) is 2.66. The van der Waals surface area contributed by atoms with Crippen LogP contribution in [0.4, 0.5) is 0 Å². The van der Waals surface area contributed by atoms with E-state index in [2.05, 4.69) is 5.32 Å². The molecule has 0 spiro atoms. The van der Waals surface area contributed by atoms with Gasteiger partial charge in [0.1, 0.15) is 6.04 Å². The van der Waals surface area contributed by atoms with Gasteiger partial charge in [-0.05, 0) is 30.5 Å². The Kier molecular flexibility index (Phi) is 5.01. The first kappa shape index (κ1) is 14.9. The standard InChI is InChI=1S/C15H18ClNO3/c16-12-7-5-10(6-8-12)9-13(15(19)20)17-14(18)11-3-1-2-4-11/h5-8,11,13H,1-4,9H2,(H,17,18)(H,19,20)/t13-/m0/s1. The second-order valence-electron chi connectivity index (χ2n) is 5.21. The van der Waals surface area contributed by atoms with Crippen LogP contribution in [-0.4, -0.2) is 23.0 Å². The minimum atomic E-state index is -1.01. The summed E-state index contributed by atoms with van der Waals surface area (Å²) in [7, 11) is 0. The van der Waals surface area contributed by atoms with Crippen molar-refractivity contribution in [3.8, 4) is 0 Å². The van der Waals surface area contributed by atoms with Crippen LogP contribution in [-0.2, 0) is 16.0 Å². The molecule has 108 valence electrons. The summed E-state index contributed by atoms with van der Waals surface area (Å²) in [5.74, 6) is -1.17. The average Bonchev–Trinajstić information content (AvgIpc) is 2.94. The number of aliphatic carboxylic acids is 1. The third-order valence-corrected chi connectivity index (χ3v) is 3.95. The number of carbonyl (C=O) groups excluding carboxylic acids is 1. The summed E-state index contributed by atoms with van der Waals surface area (Å²) in [4.78, 5) is 23.3. The van der Waals surface area contributed by atoms with Crippen molar-refractivity contribution in [2.24, 2.45) is 5.92 Å². The zero-order valence-corrected chi connectivity index (χ0v) is 11.9. The van der Waals surface area contributed by atoms with Crippen LogP contribution in [0.25, 0.3) is 0 Å². The molecule has 20 heavy (non-hydrogen) atoms. The predicted molar refractivity (Wildman–Crippen MR) is 76.7 cm³/mol. The Morgan fingerprint density at radius 2 is 1.85 bits per heavy atom. The second-order valence-corrected chi connectivity index (χ2v) is 5.65. The highest BCUT2D eigenvalue weighted by Crippen LogP contribution is 2.24. The fourth-order valence-electron chi connectivity index (χ4n) is 2.53. The molecular weight excluding hydrogens is 278 g/mol. The van der Waals surface area contributed by atoms with Crippen LogP contribution >= 0.6 is 11.6 Å². The molecule has 1 aromatic rings. The number of rotatable bonds is 5. The van der Waals surface area contributed by atoms with Gasteiger partial charge in [-0.1, -0.05) is 36.6 Å². The molecule has 1 aliphatic rings. The van der Waals surface area contributed by atoms with Crippen LogP contribution < -0.4 is 5.32 Å². The summed E-state index contributed by atoms with van der Waals surface area (Å²) in [5, 5.41) is 12.5. The summed E-state index contributed by atoms with van der Waals surface area (Å²) in [5.41, 5.74) is 0.841. The number of nitrogens with one attached hydrogen (secondary N) is 1. The first-order valence-corrected chi connectivity index (χ1v) is 7.21. The van der Waals surface area contributed by atoms with Gasteiger partial charge < -0.3 is 10.4 Å². The lowest BCUT2D eigenvalue weighted by Crippen LogP contribution is -2.44. The Labute approximate surface area is 123 Å². The lowest BCUT2D eigenvalue weighted by molar-refractivity contribution is -0.142. The van der Waals surface area contributed by atoms with Gasteiger partial charge in [-0.2, -0.15) is 0 Å². The van der Waals surface area contributed by atoms with Gasteiger partial charge in [0.05, 0.1) is 0 Å². The Morgan fingerprint density at radius 3 is 2.40 bits per heavy atom. The SMILES string of the molecule is O=C(N[C@@H](Cc1ccc(Cl)cc1)C(=O)O)C1CCCC1. The molecule has 1 aromatic carbocycles. The summed E-state index contributed by atoms with van der Waals surface area (Å²) < 4.78 is 0. The molecule has 2 N–H and O–H groups in total. The van der Waals surface area contributed by atoms with Gasteiger partial charge in [0.2, 0.25) is 5.91 Å². The van der Waals surface area contributed by atoms with Gasteiger partial charge in [-0.25, -0.2) is 4.79 Å². The topological polar surface area (TPSA) is 66.4 Å². The van der Waals surface area contributed by atoms with E-state index in [-0.39, 0.29) is 18.2 Å². The van der Waals surface area contributed by atoms with Crippen molar-refractivity contribution in [2.75, 3.05) is 0 Å². The third kappa shape index (κ3) is 3.97. The van der Waals surface area contributed by atoms with E-state index in [0.29, 0.717) is 5.02 Å². The molecule has 0 bridgehead atoms. The van der Waals surface area contributed by atoms with Gasteiger partial charge in [0.15, 0.2) is 0 Å². The summed E-state index contributed by atoms with van der Waals surface area (Å²) >= 11 is 5.80. The van der Waals surface area contributed by atoms with Gasteiger partial charge in [-0.15, -0.1) is 0 Å². The highest BCUT2D eigenvalue weighted by Gasteiger charge is 2.27. The molecule has 0 unspecified atom stereocenters. The number of hydrogen-bond acceptors (Lipinski definition) is 2. The Balaban J connectivity index is 1.98. The van der Waals surface area contributed by atoms with E-state index < -0.39 is 12.0 Å². The van der Waals surface area contributed by atoms with Crippen molar-refractivity contribution < 1.29 is 14.7 Å². The fraction of sp³-hybridized carbons (Fsp3) is 0.467. The number of amides is 1. The smallest absolute Gasteiger partial charge is 0.326 e. The molecule has 0 aliphatic heterocycles. The Hall–Kier alpha value is -1.55. The van der Waals surface area contributed by atoms with Crippen molar-refractivity contribution in [3.05, 3.63) is 34.9 Å². The molecule has 0 heterocycles. The molecule has 2 rings (SSSR count). The summed E-state index contributed by atoms with van der Waals surface area (Å²) in [6.07, 6.45) is 4.09. The van der Waals surface area contributed by atoms with Crippen LogP contribution in [0.5, 0.6) is 0 Å². The van der Waals surface area contributed by atoms with Crippen LogP contribution in [0.3, 0.4) is 0 Å². The van der Waals surface area contributed by atoms with Crippen LogP contribution in [0.2, 0.25) is 5.02 Å². The number of carboxylic acid groups (broad SMARTS) is 1. The molecular formula is C15H18ClNO3. The minimum Gasteiger partial charge on any atom is -0.480 e. The van der Waals surface area contributed by atoms with Gasteiger partial charge in [-0.3, -0.25) is 4.79 Å². The number of halogens is 1. The molecule has 5 heteroatoms. The summed E-state index contributed by atoms with van der Waals surface area (Å²) in [6, 6.07) is 6.10. The van der Waals surface area contributed by atoms with Crippen molar-refractivity contribution in [1.29, 1.82) is 0 Å². The van der Waals surface area contributed by atoms with E-state index in [1.165, 1.54) is 0 Å². The zero-order chi connectivity index (χ0) is 14.5. The first-order chi connectivity index (χ1) is 9.56. The second kappa shape index (κ2) is 6.75. The first-order valence-electron chi connectivity index (χ1n) is 6.84. The molecule has 1 fully saturated rings. The number of carbonyl (C=O) groups is 2. The van der Waals surface area contributed by atoms with Crippen molar-refractivity contribution in [1.82, 2.24) is 5.32 Å². The van der Waals surface area contributed by atoms with Crippen LogP contribution in [0.1, 0.15) is 31.2 Å². The highest BCUT2D eigenvalue weighted by atomic mass is 35.5. The zero-order valence-electron chi connectivity index (χ0n) is 11.1. The molecule has 1 atom stereocenters. The number of benzene rings is 1. The molecule has 1 amide bonds. The summed E-state index contributed by atoms with van der Waals surface area (Å²) in [6.45, 7) is 0. The predicted octanol–water partition coefficient (Wildman–Crippen LogP) is 2.64. The van der Waals surface area contributed by atoms with Gasteiger partial charge in [0.25, 0.3) is 0 Å². The molecule has 1 saturated carbocycles. The lowest BCUT2D eigenvalue weighted by atomic mass is 10.0. The van der Waals surface area contributed by atoms with Crippen molar-refractivity contribution in [3.63, 3.8) is 0 Å². The van der Waals surface area contributed by atoms with E-state index in [1.54, 1.807) is 24.3 Å². The van der Waals surface area contributed by atoms with Gasteiger partial charge >= 0.3 is 5.97 Å². The molecule has 1 aliphatic carbocycles. The number of hydrogen-bond donors (Lipinski definition) is 2. The maximum absolute atomic E-state index is 12.0. The minimum absolute atomic E-state index is 0.0259. The van der Waals surface area contributed by atoms with Crippen LogP contribution in [0, 0.1) is 5.92 Å². The van der Waals surface area contributed by atoms with Crippen molar-refractivity contribution >= 4 is 23.5 Å². The molecule has 0 saturated heterocycles. The Bertz CT molecular complexity index is 480. The third-order valence-electron chi connectivity index (χ3n) is 3.69. The van der Waals surface area contributed by atoms with Crippen molar-refractivity contribution in [2.45, 2.75) is 38.1 Å². The average molecular weight is 296 g/mol. The van der Waals surface area contributed by atoms with E-state index in [0.717, 1.165) is 31.2 Å². The highest BCUT2D eigenvalue weighted by molar-refractivity contribution is 6.30. The Morgan fingerprint density at radius 1 is 1.25 bits per heavy atom. The van der Waals surface area contributed by atoms with Gasteiger partial charge in [0, 0.05) is 17.4 Å². The van der Waals surface area contributed by atoms with E-state index in [1.807, 2.05) is 0 Å². The van der Waals surface area contributed by atoms with E-state index >= 15 is 0 Å². The maximum atomic E-state index is 12.0. The van der Waals surface area contributed by atoms with E-state index in [4.69, 9.17) is 11.6 Å². The molecule has 4 nitrogen and oxygen atoms in total. The van der Waals surface area contributed by atoms with Crippen LogP contribution in [0.15, 0.2) is 24.3 Å². The number of carboxylic acids is 1. The monoisotopic (exact) mass is 295 g/mol. The molecule has 0 aromatic heterocycles. The largest absolute Gasteiger partial charge is 0.480 e.